The molecule has 1 amide bonds. The number of ether oxygens (including phenoxy) is 2. The van der Waals surface area contributed by atoms with Crippen molar-refractivity contribution < 1.29 is 14.3 Å². The fraction of sp³-hybridized carbons (Fsp3) is 0.875. The van der Waals surface area contributed by atoms with Crippen LogP contribution >= 0.6 is 0 Å². The van der Waals surface area contributed by atoms with Crippen LogP contribution in [-0.4, -0.2) is 63.0 Å². The normalized spacial score (nSPS) is 23.7. The van der Waals surface area contributed by atoms with Crippen LogP contribution in [0.15, 0.2) is 0 Å². The van der Waals surface area contributed by atoms with Gasteiger partial charge in [0, 0.05) is 21.3 Å². The van der Waals surface area contributed by atoms with E-state index in [1.54, 1.807) is 38.1 Å². The number of carbonyl (C=O) groups excluding carboxylic acids is 1. The predicted octanol–water partition coefficient (Wildman–Crippen LogP) is -0.663. The Morgan fingerprint density at radius 1 is 1.31 bits per heavy atom. The monoisotopic (exact) mass is 188 g/mol. The van der Waals surface area contributed by atoms with E-state index in [9.17, 15) is 4.79 Å². The van der Waals surface area contributed by atoms with Gasteiger partial charge in [0.1, 0.15) is 0 Å². The molecule has 0 N–H and O–H groups in total. The highest BCUT2D eigenvalue weighted by molar-refractivity contribution is 5.78. The topological polar surface area (TPSA) is 42.0 Å². The molecule has 0 aromatic rings. The van der Waals surface area contributed by atoms with Gasteiger partial charge in [-0.25, -0.2) is 4.90 Å². The summed E-state index contributed by atoms with van der Waals surface area (Å²) in [6.07, 6.45) is 0. The summed E-state index contributed by atoms with van der Waals surface area (Å²) in [6.45, 7) is 0.744. The zero-order valence-corrected chi connectivity index (χ0v) is 8.53. The fourth-order valence-corrected chi connectivity index (χ4v) is 1.48. The predicted molar refractivity (Wildman–Crippen MR) is 47.0 cm³/mol. The summed E-state index contributed by atoms with van der Waals surface area (Å²) in [5, 5.41) is 0. The van der Waals surface area contributed by atoms with Crippen molar-refractivity contribution in [2.24, 2.45) is 0 Å². The Labute approximate surface area is 78.2 Å². The van der Waals surface area contributed by atoms with Crippen LogP contribution in [0.5, 0.6) is 0 Å². The molecule has 1 aliphatic rings. The molecule has 1 aliphatic heterocycles. The number of nitrogens with zero attached hydrogens (tertiary/aromatic N) is 2. The van der Waals surface area contributed by atoms with Crippen molar-refractivity contribution in [1.82, 2.24) is 9.80 Å². The van der Waals surface area contributed by atoms with Crippen molar-refractivity contribution in [2.75, 3.05) is 41.4 Å². The number of methoxy groups -OCH3 is 2. The first kappa shape index (κ1) is 10.4. The third-order valence-corrected chi connectivity index (χ3v) is 2.45. The van der Waals surface area contributed by atoms with Crippen LogP contribution in [0.3, 0.4) is 0 Å². The molecule has 1 saturated heterocycles. The minimum Gasteiger partial charge on any atom is -0.339 e. The fourth-order valence-electron chi connectivity index (χ4n) is 1.48. The standard InChI is InChI=1S/C8H16N2O3/c1-9-6-8(12-3,13-4)10(2)5-7(9)11/h5-6H2,1-4H3. The number of hydrogen-bond donors (Lipinski definition) is 0. The molecule has 0 aliphatic carbocycles. The molecule has 76 valence electrons. The van der Waals surface area contributed by atoms with Gasteiger partial charge < -0.3 is 14.4 Å². The summed E-state index contributed by atoms with van der Waals surface area (Å²) < 4.78 is 10.5. The lowest BCUT2D eigenvalue weighted by Gasteiger charge is -2.44. The Morgan fingerprint density at radius 3 is 2.31 bits per heavy atom. The lowest BCUT2D eigenvalue weighted by atomic mass is 10.2. The number of hydrogen-bond acceptors (Lipinski definition) is 4. The van der Waals surface area contributed by atoms with Gasteiger partial charge >= 0.3 is 0 Å². The maximum absolute atomic E-state index is 11.3. The second-order valence-electron chi connectivity index (χ2n) is 3.23. The highest BCUT2D eigenvalue weighted by Crippen LogP contribution is 2.21. The van der Waals surface area contributed by atoms with Gasteiger partial charge in [-0.2, -0.15) is 0 Å². The lowest BCUT2D eigenvalue weighted by Crippen LogP contribution is -2.64. The summed E-state index contributed by atoms with van der Waals surface area (Å²) >= 11 is 0. The zero-order chi connectivity index (χ0) is 10.1. The van der Waals surface area contributed by atoms with Gasteiger partial charge in [0.25, 0.3) is 0 Å². The molecule has 0 saturated carbocycles. The highest BCUT2D eigenvalue weighted by Gasteiger charge is 2.42. The van der Waals surface area contributed by atoms with E-state index in [4.69, 9.17) is 9.47 Å². The van der Waals surface area contributed by atoms with Crippen LogP contribution in [0.1, 0.15) is 0 Å². The molecular weight excluding hydrogens is 172 g/mol. The van der Waals surface area contributed by atoms with E-state index < -0.39 is 5.91 Å². The van der Waals surface area contributed by atoms with Crippen molar-refractivity contribution in [3.63, 3.8) is 0 Å². The van der Waals surface area contributed by atoms with E-state index in [-0.39, 0.29) is 5.91 Å². The Morgan fingerprint density at radius 2 is 1.85 bits per heavy atom. The Balaban J connectivity index is 2.80. The van der Waals surface area contributed by atoms with E-state index in [1.807, 2.05) is 0 Å². The molecule has 0 aromatic heterocycles. The third-order valence-electron chi connectivity index (χ3n) is 2.45. The minimum absolute atomic E-state index is 0.0761. The maximum Gasteiger partial charge on any atom is 0.248 e. The number of piperazine rings is 1. The number of amides is 1. The van der Waals surface area contributed by atoms with Gasteiger partial charge in [0.2, 0.25) is 11.8 Å². The quantitative estimate of drug-likeness (QED) is 0.539. The molecule has 13 heavy (non-hydrogen) atoms. The summed E-state index contributed by atoms with van der Waals surface area (Å²) in [5.41, 5.74) is 0. The van der Waals surface area contributed by atoms with Crippen molar-refractivity contribution >= 4 is 5.91 Å². The van der Waals surface area contributed by atoms with E-state index in [1.165, 1.54) is 0 Å². The van der Waals surface area contributed by atoms with Crippen LogP contribution < -0.4 is 0 Å². The van der Waals surface area contributed by atoms with Gasteiger partial charge in [-0.1, -0.05) is 0 Å². The van der Waals surface area contributed by atoms with Gasteiger partial charge in [-0.05, 0) is 7.05 Å². The smallest absolute Gasteiger partial charge is 0.248 e. The number of rotatable bonds is 2. The molecule has 0 atom stereocenters. The van der Waals surface area contributed by atoms with Crippen LogP contribution in [0, 0.1) is 0 Å². The van der Waals surface area contributed by atoms with E-state index >= 15 is 0 Å². The summed E-state index contributed by atoms with van der Waals surface area (Å²) in [4.78, 5) is 14.7. The third kappa shape index (κ3) is 1.67. The van der Waals surface area contributed by atoms with Crippen molar-refractivity contribution in [1.29, 1.82) is 0 Å². The molecule has 0 aromatic carbocycles. The maximum atomic E-state index is 11.3. The second-order valence-corrected chi connectivity index (χ2v) is 3.23. The molecule has 1 fully saturated rings. The van der Waals surface area contributed by atoms with Gasteiger partial charge in [-0.3, -0.25) is 4.79 Å². The first-order valence-corrected chi connectivity index (χ1v) is 4.11. The Bertz CT molecular complexity index is 204. The van der Waals surface area contributed by atoms with Gasteiger partial charge in [0.15, 0.2) is 0 Å². The van der Waals surface area contributed by atoms with Crippen molar-refractivity contribution in [3.05, 3.63) is 0 Å². The van der Waals surface area contributed by atoms with Crippen molar-refractivity contribution in [3.8, 4) is 0 Å². The van der Waals surface area contributed by atoms with Gasteiger partial charge in [0.05, 0.1) is 13.1 Å². The molecule has 0 spiro atoms. The summed E-state index contributed by atoms with van der Waals surface area (Å²) in [7, 11) is 6.69. The van der Waals surface area contributed by atoms with Crippen LogP contribution in [0.4, 0.5) is 0 Å². The van der Waals surface area contributed by atoms with E-state index in [2.05, 4.69) is 0 Å². The lowest BCUT2D eigenvalue weighted by molar-refractivity contribution is -0.301. The zero-order valence-electron chi connectivity index (χ0n) is 8.53. The van der Waals surface area contributed by atoms with E-state index in [0.29, 0.717) is 13.1 Å². The molecular formula is C8H16N2O3. The van der Waals surface area contributed by atoms with E-state index in [0.717, 1.165) is 0 Å². The minimum atomic E-state index is -0.789. The summed E-state index contributed by atoms with van der Waals surface area (Å²) in [5.74, 6) is -0.713. The molecule has 1 rings (SSSR count). The van der Waals surface area contributed by atoms with Crippen LogP contribution in [0.25, 0.3) is 0 Å². The summed E-state index contributed by atoms with van der Waals surface area (Å²) in [6, 6.07) is 0. The number of likely N-dealkylation sites (N-methyl/N-ethyl adjacent to an activating group) is 2. The van der Waals surface area contributed by atoms with Crippen LogP contribution in [0.2, 0.25) is 0 Å². The second kappa shape index (κ2) is 3.61. The first-order chi connectivity index (χ1) is 6.05. The van der Waals surface area contributed by atoms with Gasteiger partial charge in [-0.15, -0.1) is 0 Å². The molecule has 5 nitrogen and oxygen atoms in total. The first-order valence-electron chi connectivity index (χ1n) is 4.11. The van der Waals surface area contributed by atoms with Crippen LogP contribution in [-0.2, 0) is 14.3 Å². The average molecular weight is 188 g/mol. The average Bonchev–Trinajstić information content (AvgIpc) is 2.12. The SMILES string of the molecule is COC1(OC)CN(C)C(=O)CN1C. The Kier molecular flexibility index (Phi) is 2.90. The molecule has 0 bridgehead atoms. The number of carbonyl (C=O) groups is 1. The largest absolute Gasteiger partial charge is 0.339 e. The Hall–Kier alpha value is -0.650. The highest BCUT2D eigenvalue weighted by atomic mass is 16.7. The molecule has 0 unspecified atom stereocenters. The molecule has 0 radical (unpaired) electrons. The van der Waals surface area contributed by atoms with Crippen molar-refractivity contribution in [2.45, 2.75) is 5.91 Å². The molecule has 1 heterocycles. The molecule has 5 heteroatoms.